The van der Waals surface area contributed by atoms with Crippen LogP contribution in [0.2, 0.25) is 0 Å². The molecule has 21 heavy (non-hydrogen) atoms. The summed E-state index contributed by atoms with van der Waals surface area (Å²) in [5.74, 6) is -1.02. The predicted octanol–water partition coefficient (Wildman–Crippen LogP) is 4.35. The number of aromatic nitrogens is 2. The molecule has 112 valence electrons. The first kappa shape index (κ1) is 15.6. The third-order valence-electron chi connectivity index (χ3n) is 2.69. The molecule has 0 atom stereocenters. The number of nitrogens with one attached hydrogen (secondary N) is 2. The van der Waals surface area contributed by atoms with E-state index in [9.17, 15) is 13.2 Å². The van der Waals surface area contributed by atoms with E-state index in [2.05, 4.69) is 36.5 Å². The van der Waals surface area contributed by atoms with Crippen molar-refractivity contribution in [3.63, 3.8) is 0 Å². The molecule has 1 aromatic heterocycles. The summed E-state index contributed by atoms with van der Waals surface area (Å²) in [5, 5.41) is 5.47. The van der Waals surface area contributed by atoms with Gasteiger partial charge in [0.1, 0.15) is 11.6 Å². The number of halogens is 4. The van der Waals surface area contributed by atoms with Crippen LogP contribution in [-0.2, 0) is 6.18 Å². The second kappa shape index (κ2) is 5.88. The van der Waals surface area contributed by atoms with Gasteiger partial charge < -0.3 is 10.6 Å². The third kappa shape index (κ3) is 3.84. The van der Waals surface area contributed by atoms with Crippen LogP contribution in [0.25, 0.3) is 0 Å². The molecule has 0 fully saturated rings. The minimum Gasteiger partial charge on any atom is -0.373 e. The van der Waals surface area contributed by atoms with Crippen molar-refractivity contribution in [1.82, 2.24) is 9.97 Å². The fourth-order valence-corrected chi connectivity index (χ4v) is 2.15. The topological polar surface area (TPSA) is 49.8 Å². The van der Waals surface area contributed by atoms with E-state index in [0.717, 1.165) is 10.0 Å². The number of nitrogens with zero attached hydrogens (tertiary/aromatic N) is 2. The molecule has 0 unspecified atom stereocenters. The zero-order valence-corrected chi connectivity index (χ0v) is 12.8. The van der Waals surface area contributed by atoms with Crippen LogP contribution in [-0.4, -0.2) is 17.0 Å². The lowest BCUT2D eigenvalue weighted by Gasteiger charge is -2.13. The van der Waals surface area contributed by atoms with Crippen molar-refractivity contribution < 1.29 is 13.2 Å². The fourth-order valence-electron chi connectivity index (χ4n) is 1.67. The summed E-state index contributed by atoms with van der Waals surface area (Å²) in [6, 6.07) is 6.82. The molecule has 1 aromatic carbocycles. The Morgan fingerprint density at radius 2 is 1.76 bits per heavy atom. The Morgan fingerprint density at radius 3 is 2.33 bits per heavy atom. The maximum atomic E-state index is 12.8. The molecule has 0 aliphatic rings. The van der Waals surface area contributed by atoms with E-state index in [0.29, 0.717) is 5.69 Å². The van der Waals surface area contributed by atoms with Crippen molar-refractivity contribution in [1.29, 1.82) is 0 Å². The van der Waals surface area contributed by atoms with E-state index in [-0.39, 0.29) is 11.6 Å². The number of alkyl halides is 3. The van der Waals surface area contributed by atoms with Crippen LogP contribution >= 0.6 is 15.9 Å². The van der Waals surface area contributed by atoms with Crippen LogP contribution in [0.15, 0.2) is 28.7 Å². The minimum atomic E-state index is -4.60. The van der Waals surface area contributed by atoms with Gasteiger partial charge in [0.05, 0.1) is 0 Å². The Hall–Kier alpha value is -1.83. The van der Waals surface area contributed by atoms with E-state index in [1.54, 1.807) is 12.1 Å². The molecule has 0 saturated heterocycles. The molecule has 0 amide bonds. The van der Waals surface area contributed by atoms with E-state index >= 15 is 0 Å². The van der Waals surface area contributed by atoms with E-state index in [4.69, 9.17) is 0 Å². The molecule has 2 rings (SSSR count). The maximum Gasteiger partial charge on any atom is 0.451 e. The molecule has 4 nitrogen and oxygen atoms in total. The van der Waals surface area contributed by atoms with Crippen LogP contribution in [0.3, 0.4) is 0 Å². The Labute approximate surface area is 127 Å². The SMILES string of the molecule is CNc1cc(Nc2ccc(Br)cc2C)nc(C(F)(F)F)n1. The highest BCUT2D eigenvalue weighted by molar-refractivity contribution is 9.10. The first-order chi connectivity index (χ1) is 9.79. The second-order valence-corrected chi connectivity index (χ2v) is 5.21. The molecule has 0 radical (unpaired) electrons. The predicted molar refractivity (Wildman–Crippen MR) is 78.7 cm³/mol. The summed E-state index contributed by atoms with van der Waals surface area (Å²) in [7, 11) is 1.50. The first-order valence-corrected chi connectivity index (χ1v) is 6.76. The van der Waals surface area contributed by atoms with Gasteiger partial charge in [0, 0.05) is 23.3 Å². The summed E-state index contributed by atoms with van der Waals surface area (Å²) in [5.41, 5.74) is 1.55. The molecule has 0 aliphatic heterocycles. The van der Waals surface area contributed by atoms with Crippen LogP contribution in [0.5, 0.6) is 0 Å². The largest absolute Gasteiger partial charge is 0.451 e. The number of hydrogen-bond acceptors (Lipinski definition) is 4. The summed E-state index contributed by atoms with van der Waals surface area (Å²) >= 11 is 3.33. The normalized spacial score (nSPS) is 11.3. The van der Waals surface area contributed by atoms with Crippen molar-refractivity contribution in [2.75, 3.05) is 17.7 Å². The Kier molecular flexibility index (Phi) is 4.36. The zero-order chi connectivity index (χ0) is 15.6. The molecule has 0 bridgehead atoms. The van der Waals surface area contributed by atoms with Gasteiger partial charge in [-0.25, -0.2) is 9.97 Å². The molecular weight excluding hydrogens is 349 g/mol. The number of anilines is 3. The lowest BCUT2D eigenvalue weighted by atomic mass is 10.2. The molecule has 2 aromatic rings. The van der Waals surface area contributed by atoms with E-state index < -0.39 is 12.0 Å². The van der Waals surface area contributed by atoms with Gasteiger partial charge in [-0.2, -0.15) is 13.2 Å². The molecular formula is C13H12BrF3N4. The number of rotatable bonds is 3. The van der Waals surface area contributed by atoms with Gasteiger partial charge in [0.15, 0.2) is 0 Å². The summed E-state index contributed by atoms with van der Waals surface area (Å²) in [6.45, 7) is 1.85. The second-order valence-electron chi connectivity index (χ2n) is 4.29. The summed E-state index contributed by atoms with van der Waals surface area (Å²) in [6.07, 6.45) is -4.60. The molecule has 2 N–H and O–H groups in total. The highest BCUT2D eigenvalue weighted by Crippen LogP contribution is 2.30. The van der Waals surface area contributed by atoms with Gasteiger partial charge in [-0.05, 0) is 30.7 Å². The average Bonchev–Trinajstić information content (AvgIpc) is 2.40. The molecule has 0 aliphatic carbocycles. The van der Waals surface area contributed by atoms with Crippen molar-refractivity contribution in [2.24, 2.45) is 0 Å². The van der Waals surface area contributed by atoms with Crippen molar-refractivity contribution in [3.05, 3.63) is 40.1 Å². The number of aryl methyl sites for hydroxylation is 1. The lowest BCUT2D eigenvalue weighted by Crippen LogP contribution is -2.13. The van der Waals surface area contributed by atoms with Gasteiger partial charge in [0.25, 0.3) is 0 Å². The minimum absolute atomic E-state index is 0.0760. The zero-order valence-electron chi connectivity index (χ0n) is 11.2. The molecule has 8 heteroatoms. The van der Waals surface area contributed by atoms with Crippen LogP contribution in [0, 0.1) is 6.92 Å². The lowest BCUT2D eigenvalue weighted by molar-refractivity contribution is -0.144. The van der Waals surface area contributed by atoms with Gasteiger partial charge in [-0.3, -0.25) is 0 Å². The van der Waals surface area contributed by atoms with Crippen LogP contribution < -0.4 is 10.6 Å². The monoisotopic (exact) mass is 360 g/mol. The Bertz CT molecular complexity index is 658. The first-order valence-electron chi connectivity index (χ1n) is 5.97. The highest BCUT2D eigenvalue weighted by Gasteiger charge is 2.35. The van der Waals surface area contributed by atoms with Crippen LogP contribution in [0.4, 0.5) is 30.5 Å². The van der Waals surface area contributed by atoms with Crippen LogP contribution in [0.1, 0.15) is 11.4 Å². The third-order valence-corrected chi connectivity index (χ3v) is 3.18. The summed E-state index contributed by atoms with van der Waals surface area (Å²) in [4.78, 5) is 6.92. The Balaban J connectivity index is 2.39. The standard InChI is InChI=1S/C13H12BrF3N4/c1-7-5-8(14)3-4-9(7)19-11-6-10(18-2)20-12(21-11)13(15,16)17/h3-6H,1-2H3,(H2,18,19,20,21). The molecule has 1 heterocycles. The Morgan fingerprint density at radius 1 is 1.10 bits per heavy atom. The fraction of sp³-hybridized carbons (Fsp3) is 0.231. The highest BCUT2D eigenvalue weighted by atomic mass is 79.9. The van der Waals surface area contributed by atoms with Gasteiger partial charge in [-0.1, -0.05) is 15.9 Å². The quantitative estimate of drug-likeness (QED) is 0.854. The maximum absolute atomic E-state index is 12.8. The smallest absolute Gasteiger partial charge is 0.373 e. The van der Waals surface area contributed by atoms with Crippen molar-refractivity contribution in [2.45, 2.75) is 13.1 Å². The van der Waals surface area contributed by atoms with Crippen molar-refractivity contribution >= 4 is 33.3 Å². The van der Waals surface area contributed by atoms with Crippen molar-refractivity contribution in [3.8, 4) is 0 Å². The van der Waals surface area contributed by atoms with Gasteiger partial charge in [0.2, 0.25) is 5.82 Å². The molecule has 0 spiro atoms. The number of benzene rings is 1. The molecule has 0 saturated carbocycles. The summed E-state index contributed by atoms with van der Waals surface area (Å²) < 4.78 is 39.2. The number of hydrogen-bond donors (Lipinski definition) is 2. The van der Waals surface area contributed by atoms with Gasteiger partial charge in [-0.15, -0.1) is 0 Å². The average molecular weight is 361 g/mol. The van der Waals surface area contributed by atoms with E-state index in [1.165, 1.54) is 13.1 Å². The van der Waals surface area contributed by atoms with Gasteiger partial charge >= 0.3 is 6.18 Å². The van der Waals surface area contributed by atoms with E-state index in [1.807, 2.05) is 13.0 Å².